The monoisotopic (exact) mass is 382 g/mol. The van der Waals surface area contributed by atoms with Crippen molar-refractivity contribution in [1.82, 2.24) is 5.43 Å². The molecule has 27 heavy (non-hydrogen) atoms. The molecule has 2 saturated carbocycles. The van der Waals surface area contributed by atoms with Gasteiger partial charge in [0.1, 0.15) is 6.10 Å². The smallest absolute Gasteiger partial charge is 0.263 e. The van der Waals surface area contributed by atoms with Crippen molar-refractivity contribution in [3.8, 4) is 0 Å². The van der Waals surface area contributed by atoms with Crippen molar-refractivity contribution in [3.05, 3.63) is 23.8 Å². The first-order valence-corrected chi connectivity index (χ1v) is 9.62. The summed E-state index contributed by atoms with van der Waals surface area (Å²) in [5.41, 5.74) is 2.37. The summed E-state index contributed by atoms with van der Waals surface area (Å²) in [6, 6.07) is 0. The molecular weight excluding hydrogens is 348 g/mol. The molecule has 7 nitrogen and oxygen atoms in total. The Morgan fingerprint density at radius 1 is 1.41 bits per heavy atom. The molecule has 7 N–H and O–H groups in total. The molecule has 2 aliphatic rings. The third kappa shape index (κ3) is 3.84. The van der Waals surface area contributed by atoms with Crippen LogP contribution >= 0.6 is 0 Å². The van der Waals surface area contributed by atoms with Crippen LogP contribution in [0, 0.1) is 22.7 Å². The van der Waals surface area contributed by atoms with Gasteiger partial charge in [-0.15, -0.1) is 0 Å². The highest BCUT2D eigenvalue weighted by molar-refractivity contribution is 5.93. The summed E-state index contributed by atoms with van der Waals surface area (Å²) >= 11 is 0. The number of fused-ring (bicyclic) bond motifs is 1. The van der Waals surface area contributed by atoms with Crippen molar-refractivity contribution in [2.75, 3.05) is 13.2 Å². The lowest BCUT2D eigenvalue weighted by atomic mass is 9.46. The first kappa shape index (κ1) is 22.0. The van der Waals surface area contributed by atoms with E-state index >= 15 is 0 Å². The van der Waals surface area contributed by atoms with Crippen LogP contribution in [0.5, 0.6) is 0 Å². The van der Waals surface area contributed by atoms with Gasteiger partial charge in [0.05, 0.1) is 19.3 Å². The molecule has 0 bridgehead atoms. The Morgan fingerprint density at radius 3 is 2.63 bits per heavy atom. The van der Waals surface area contributed by atoms with E-state index in [4.69, 9.17) is 5.84 Å². The van der Waals surface area contributed by atoms with Gasteiger partial charge in [0, 0.05) is 11.0 Å². The lowest BCUT2D eigenvalue weighted by Gasteiger charge is -2.59. The number of carbonyl (C=O) groups is 1. The number of aliphatic hydroxyl groups is 4. The van der Waals surface area contributed by atoms with E-state index in [0.717, 1.165) is 24.8 Å². The molecule has 0 spiro atoms. The fourth-order valence-electron chi connectivity index (χ4n) is 5.44. The molecule has 2 aliphatic carbocycles. The SMILES string of the molecule is C=C1CCC2C(C)(CO)C(O)CCC2(C)C1C/C=C(/C(=O)NN)C(O)CO. The van der Waals surface area contributed by atoms with E-state index < -0.39 is 30.1 Å². The van der Waals surface area contributed by atoms with Gasteiger partial charge in [-0.1, -0.05) is 32.1 Å². The first-order valence-electron chi connectivity index (χ1n) is 9.62. The highest BCUT2D eigenvalue weighted by Gasteiger charge is 2.57. The van der Waals surface area contributed by atoms with Crippen LogP contribution in [0.3, 0.4) is 0 Å². The van der Waals surface area contributed by atoms with Crippen LogP contribution in [0.4, 0.5) is 0 Å². The van der Waals surface area contributed by atoms with Gasteiger partial charge in [-0.3, -0.25) is 10.2 Å². The van der Waals surface area contributed by atoms with E-state index in [0.29, 0.717) is 12.8 Å². The van der Waals surface area contributed by atoms with Gasteiger partial charge in [-0.2, -0.15) is 0 Å². The van der Waals surface area contributed by atoms with Gasteiger partial charge >= 0.3 is 0 Å². The second-order valence-corrected chi connectivity index (χ2v) is 8.59. The maximum Gasteiger partial charge on any atom is 0.263 e. The fraction of sp³-hybridized carbons (Fsp3) is 0.750. The molecule has 0 saturated heterocycles. The van der Waals surface area contributed by atoms with E-state index in [1.54, 1.807) is 6.08 Å². The van der Waals surface area contributed by atoms with E-state index in [-0.39, 0.29) is 29.4 Å². The third-order valence-electron chi connectivity index (χ3n) is 7.19. The zero-order valence-electron chi connectivity index (χ0n) is 16.3. The summed E-state index contributed by atoms with van der Waals surface area (Å²) in [5, 5.41) is 39.7. The fourth-order valence-corrected chi connectivity index (χ4v) is 5.44. The van der Waals surface area contributed by atoms with Gasteiger partial charge < -0.3 is 20.4 Å². The zero-order valence-corrected chi connectivity index (χ0v) is 16.3. The van der Waals surface area contributed by atoms with Gasteiger partial charge in [0.25, 0.3) is 5.91 Å². The molecule has 0 radical (unpaired) electrons. The van der Waals surface area contributed by atoms with Crippen LogP contribution in [0.25, 0.3) is 0 Å². The molecule has 6 unspecified atom stereocenters. The third-order valence-corrected chi connectivity index (χ3v) is 7.19. The number of nitrogens with two attached hydrogens (primary N) is 1. The number of aliphatic hydroxyl groups excluding tert-OH is 4. The number of nitrogens with one attached hydrogen (secondary N) is 1. The number of hydrazine groups is 1. The van der Waals surface area contributed by atoms with Crippen molar-refractivity contribution >= 4 is 5.91 Å². The zero-order chi connectivity index (χ0) is 20.4. The Morgan fingerprint density at radius 2 is 2.07 bits per heavy atom. The predicted molar refractivity (Wildman–Crippen MR) is 102 cm³/mol. The van der Waals surface area contributed by atoms with Crippen molar-refractivity contribution in [2.45, 2.75) is 58.2 Å². The van der Waals surface area contributed by atoms with Crippen LogP contribution in [0.15, 0.2) is 23.8 Å². The normalized spacial score (nSPS) is 38.3. The lowest BCUT2D eigenvalue weighted by molar-refractivity contribution is -0.151. The molecule has 0 aliphatic heterocycles. The average Bonchev–Trinajstić information content (AvgIpc) is 2.66. The number of hydrogen-bond acceptors (Lipinski definition) is 6. The van der Waals surface area contributed by atoms with Crippen molar-refractivity contribution in [3.63, 3.8) is 0 Å². The van der Waals surface area contributed by atoms with Crippen LogP contribution in [-0.4, -0.2) is 51.8 Å². The van der Waals surface area contributed by atoms with Crippen LogP contribution < -0.4 is 11.3 Å². The number of allylic oxidation sites excluding steroid dienone is 2. The number of rotatable bonds is 6. The summed E-state index contributed by atoms with van der Waals surface area (Å²) in [5.74, 6) is 4.74. The van der Waals surface area contributed by atoms with Crippen LogP contribution in [0.1, 0.15) is 46.0 Å². The second kappa shape index (κ2) is 8.41. The highest BCUT2D eigenvalue weighted by atomic mass is 16.3. The van der Waals surface area contributed by atoms with E-state index in [9.17, 15) is 25.2 Å². The molecule has 0 heterocycles. The molecule has 0 aromatic heterocycles. The Labute approximate surface area is 160 Å². The Kier molecular flexibility index (Phi) is 6.86. The second-order valence-electron chi connectivity index (χ2n) is 8.59. The highest BCUT2D eigenvalue weighted by Crippen LogP contribution is 2.61. The minimum absolute atomic E-state index is 0.0410. The van der Waals surface area contributed by atoms with Crippen molar-refractivity contribution in [1.29, 1.82) is 0 Å². The Bertz CT molecular complexity index is 607. The van der Waals surface area contributed by atoms with Gasteiger partial charge in [-0.05, 0) is 49.4 Å². The van der Waals surface area contributed by atoms with Gasteiger partial charge in [0.2, 0.25) is 0 Å². The Hall–Kier alpha value is -1.25. The maximum absolute atomic E-state index is 12.0. The quantitative estimate of drug-likeness (QED) is 0.129. The number of hydrogen-bond donors (Lipinski definition) is 6. The van der Waals surface area contributed by atoms with E-state index in [1.807, 2.05) is 12.3 Å². The maximum atomic E-state index is 12.0. The molecule has 154 valence electrons. The van der Waals surface area contributed by atoms with Gasteiger partial charge in [0.15, 0.2) is 0 Å². The van der Waals surface area contributed by atoms with E-state index in [2.05, 4.69) is 13.5 Å². The molecule has 1 amide bonds. The first-order chi connectivity index (χ1) is 12.7. The molecule has 6 atom stereocenters. The Balaban J connectivity index is 2.36. The van der Waals surface area contributed by atoms with Crippen LogP contribution in [-0.2, 0) is 4.79 Å². The molecule has 2 fully saturated rings. The molecular formula is C20H34N2O5. The average molecular weight is 383 g/mol. The number of amides is 1. The van der Waals surface area contributed by atoms with Crippen molar-refractivity contribution in [2.24, 2.45) is 28.5 Å². The molecule has 0 aromatic carbocycles. The summed E-state index contributed by atoms with van der Waals surface area (Å²) < 4.78 is 0. The molecule has 0 aromatic rings. The van der Waals surface area contributed by atoms with Crippen molar-refractivity contribution < 1.29 is 25.2 Å². The minimum atomic E-state index is -1.30. The summed E-state index contributed by atoms with van der Waals surface area (Å²) in [4.78, 5) is 12.0. The molecule has 2 rings (SSSR count). The number of carbonyl (C=O) groups excluding carboxylic acids is 1. The standard InChI is InChI=1S/C20H34N2O5/c1-12-4-7-16-19(2,9-8-17(26)20(16,3)11-24)14(12)6-5-13(15(25)10-23)18(27)22-21/h5,14-17,23-26H,1,4,6-11,21H2,2-3H3,(H,22,27)/b13-5+. The van der Waals surface area contributed by atoms with Crippen LogP contribution in [0.2, 0.25) is 0 Å². The largest absolute Gasteiger partial charge is 0.396 e. The lowest BCUT2D eigenvalue weighted by Crippen LogP contribution is -2.57. The molecule has 7 heteroatoms. The summed E-state index contributed by atoms with van der Waals surface area (Å²) in [6.45, 7) is 7.72. The summed E-state index contributed by atoms with van der Waals surface area (Å²) in [7, 11) is 0. The van der Waals surface area contributed by atoms with Gasteiger partial charge in [-0.25, -0.2) is 5.84 Å². The minimum Gasteiger partial charge on any atom is -0.396 e. The van der Waals surface area contributed by atoms with E-state index in [1.165, 1.54) is 0 Å². The summed E-state index contributed by atoms with van der Waals surface area (Å²) in [6.07, 6.45) is 3.32. The predicted octanol–water partition coefficient (Wildman–Crippen LogP) is 0.388. The topological polar surface area (TPSA) is 136 Å².